The van der Waals surface area contributed by atoms with Crippen LogP contribution in [-0.4, -0.2) is 36.6 Å². The van der Waals surface area contributed by atoms with Gasteiger partial charge in [-0.1, -0.05) is 6.42 Å². The average Bonchev–Trinajstić information content (AvgIpc) is 2.35. The van der Waals surface area contributed by atoms with E-state index in [1.165, 1.54) is 38.8 Å². The van der Waals surface area contributed by atoms with E-state index in [9.17, 15) is 0 Å². The monoisotopic (exact) mass is 236 g/mol. The van der Waals surface area contributed by atoms with Crippen LogP contribution in [0.5, 0.6) is 0 Å². The molecule has 1 unspecified atom stereocenters. The van der Waals surface area contributed by atoms with Crippen LogP contribution in [0.1, 0.15) is 52.4 Å². The van der Waals surface area contributed by atoms with Crippen molar-refractivity contribution in [2.45, 2.75) is 64.0 Å². The number of nitrogens with one attached hydrogen (secondary N) is 1. The molecule has 0 aromatic heterocycles. The minimum absolute atomic E-state index is 0.240. The van der Waals surface area contributed by atoms with Gasteiger partial charge in [-0.05, 0) is 59.7 Å². The summed E-state index contributed by atoms with van der Waals surface area (Å²) >= 11 is 0. The minimum Gasteiger partial charge on any atom is -0.315 e. The molecule has 0 bridgehead atoms. The molecular weight excluding hydrogens is 208 g/mol. The molecule has 0 aromatic rings. The lowest BCUT2D eigenvalue weighted by molar-refractivity contribution is 0.0602. The molecule has 1 saturated heterocycles. The minimum atomic E-state index is 0.240. The van der Waals surface area contributed by atoms with Crippen molar-refractivity contribution in [3.63, 3.8) is 0 Å². The van der Waals surface area contributed by atoms with Crippen molar-refractivity contribution in [3.8, 4) is 12.3 Å². The highest BCUT2D eigenvalue weighted by atomic mass is 15.2. The van der Waals surface area contributed by atoms with Crippen LogP contribution in [0, 0.1) is 12.3 Å². The number of nitrogens with zero attached hydrogens (tertiary/aromatic N) is 1. The number of rotatable bonds is 6. The van der Waals surface area contributed by atoms with Crippen molar-refractivity contribution < 1.29 is 0 Å². The molecule has 1 fully saturated rings. The van der Waals surface area contributed by atoms with Crippen LogP contribution < -0.4 is 5.32 Å². The Morgan fingerprint density at radius 2 is 1.94 bits per heavy atom. The van der Waals surface area contributed by atoms with Gasteiger partial charge in [0.2, 0.25) is 0 Å². The van der Waals surface area contributed by atoms with Gasteiger partial charge < -0.3 is 5.32 Å². The first-order valence-corrected chi connectivity index (χ1v) is 6.98. The van der Waals surface area contributed by atoms with E-state index in [1.807, 2.05) is 0 Å². The SMILES string of the molecule is C#CCCCC(NC)C(C)(C)N1CCCCC1. The van der Waals surface area contributed by atoms with Crippen molar-refractivity contribution in [1.29, 1.82) is 0 Å². The molecule has 1 heterocycles. The van der Waals surface area contributed by atoms with E-state index in [-0.39, 0.29) is 5.54 Å². The van der Waals surface area contributed by atoms with Crippen LogP contribution in [0.4, 0.5) is 0 Å². The van der Waals surface area contributed by atoms with E-state index >= 15 is 0 Å². The summed E-state index contributed by atoms with van der Waals surface area (Å²) in [7, 11) is 2.08. The molecule has 0 aromatic carbocycles. The Labute approximate surface area is 107 Å². The Kier molecular flexibility index (Phi) is 6.02. The first-order valence-electron chi connectivity index (χ1n) is 6.98. The lowest BCUT2D eigenvalue weighted by atomic mass is 9.87. The Morgan fingerprint density at radius 1 is 1.29 bits per heavy atom. The number of hydrogen-bond donors (Lipinski definition) is 1. The highest BCUT2D eigenvalue weighted by Gasteiger charge is 2.34. The predicted molar refractivity (Wildman–Crippen MR) is 75.0 cm³/mol. The van der Waals surface area contributed by atoms with E-state index in [2.05, 4.69) is 37.0 Å². The van der Waals surface area contributed by atoms with Gasteiger partial charge in [-0.15, -0.1) is 12.3 Å². The van der Waals surface area contributed by atoms with Gasteiger partial charge in [-0.25, -0.2) is 0 Å². The summed E-state index contributed by atoms with van der Waals surface area (Å²) in [5.74, 6) is 2.74. The molecule has 98 valence electrons. The summed E-state index contributed by atoms with van der Waals surface area (Å²) in [5.41, 5.74) is 0.240. The second-order valence-corrected chi connectivity index (χ2v) is 5.64. The Balaban J connectivity index is 2.54. The summed E-state index contributed by atoms with van der Waals surface area (Å²) < 4.78 is 0. The maximum absolute atomic E-state index is 5.33. The third-order valence-electron chi connectivity index (χ3n) is 4.19. The first-order chi connectivity index (χ1) is 8.12. The summed E-state index contributed by atoms with van der Waals surface area (Å²) in [5, 5.41) is 3.49. The molecule has 1 aliphatic heterocycles. The van der Waals surface area contributed by atoms with Crippen molar-refractivity contribution >= 4 is 0 Å². The fraction of sp³-hybridized carbons (Fsp3) is 0.867. The van der Waals surface area contributed by atoms with Crippen LogP contribution in [0.15, 0.2) is 0 Å². The standard InChI is InChI=1S/C15H28N2/c1-5-6-8-11-14(16-4)15(2,3)17-12-9-7-10-13-17/h1,14,16H,6-13H2,2-4H3. The smallest absolute Gasteiger partial charge is 0.0306 e. The van der Waals surface area contributed by atoms with Gasteiger partial charge in [0, 0.05) is 18.0 Å². The topological polar surface area (TPSA) is 15.3 Å². The van der Waals surface area contributed by atoms with Crippen molar-refractivity contribution in [2.24, 2.45) is 0 Å². The second kappa shape index (κ2) is 7.03. The maximum Gasteiger partial charge on any atom is 0.0306 e. The molecule has 2 heteroatoms. The quantitative estimate of drug-likeness (QED) is 0.563. The van der Waals surface area contributed by atoms with Gasteiger partial charge in [0.1, 0.15) is 0 Å². The number of likely N-dealkylation sites (N-methyl/N-ethyl adjacent to an activating group) is 1. The van der Waals surface area contributed by atoms with Crippen molar-refractivity contribution in [3.05, 3.63) is 0 Å². The average molecular weight is 236 g/mol. The molecule has 1 N–H and O–H groups in total. The summed E-state index contributed by atoms with van der Waals surface area (Å²) in [4.78, 5) is 2.65. The lowest BCUT2D eigenvalue weighted by Gasteiger charge is -2.46. The molecule has 2 nitrogen and oxygen atoms in total. The van der Waals surface area contributed by atoms with Gasteiger partial charge in [0.25, 0.3) is 0 Å². The predicted octanol–water partition coefficient (Wildman–Crippen LogP) is 2.64. The molecule has 1 rings (SSSR count). The number of terminal acetylenes is 1. The van der Waals surface area contributed by atoms with E-state index in [1.54, 1.807) is 0 Å². The first kappa shape index (κ1) is 14.5. The van der Waals surface area contributed by atoms with Crippen molar-refractivity contribution in [2.75, 3.05) is 20.1 Å². The Hall–Kier alpha value is -0.520. The van der Waals surface area contributed by atoms with Crippen LogP contribution in [0.25, 0.3) is 0 Å². The zero-order chi connectivity index (χ0) is 12.7. The highest BCUT2D eigenvalue weighted by molar-refractivity contribution is 4.95. The maximum atomic E-state index is 5.33. The van der Waals surface area contributed by atoms with E-state index < -0.39 is 0 Å². The molecule has 1 atom stereocenters. The van der Waals surface area contributed by atoms with Crippen LogP contribution >= 0.6 is 0 Å². The molecule has 0 saturated carbocycles. The van der Waals surface area contributed by atoms with Crippen molar-refractivity contribution in [1.82, 2.24) is 10.2 Å². The van der Waals surface area contributed by atoms with Crippen LogP contribution in [0.2, 0.25) is 0 Å². The van der Waals surface area contributed by atoms with Gasteiger partial charge in [-0.2, -0.15) is 0 Å². The summed E-state index contributed by atoms with van der Waals surface area (Å²) in [6.45, 7) is 7.24. The third kappa shape index (κ3) is 4.01. The van der Waals surface area contributed by atoms with E-state index in [0.29, 0.717) is 6.04 Å². The molecule has 0 aliphatic carbocycles. The second-order valence-electron chi connectivity index (χ2n) is 5.64. The largest absolute Gasteiger partial charge is 0.315 e. The zero-order valence-corrected chi connectivity index (χ0v) is 11.8. The molecule has 1 aliphatic rings. The molecule has 0 amide bonds. The van der Waals surface area contributed by atoms with Crippen LogP contribution in [0.3, 0.4) is 0 Å². The summed E-state index contributed by atoms with van der Waals surface area (Å²) in [6.07, 6.45) is 12.6. The fourth-order valence-electron chi connectivity index (χ4n) is 2.95. The number of piperidine rings is 1. The molecule has 0 spiro atoms. The highest BCUT2D eigenvalue weighted by Crippen LogP contribution is 2.26. The van der Waals surface area contributed by atoms with Crippen LogP contribution in [-0.2, 0) is 0 Å². The number of likely N-dealkylation sites (tertiary alicyclic amines) is 1. The Morgan fingerprint density at radius 3 is 2.47 bits per heavy atom. The number of hydrogen-bond acceptors (Lipinski definition) is 2. The van der Waals surface area contributed by atoms with Gasteiger partial charge >= 0.3 is 0 Å². The van der Waals surface area contributed by atoms with Gasteiger partial charge in [0.05, 0.1) is 0 Å². The fourth-order valence-corrected chi connectivity index (χ4v) is 2.95. The molecular formula is C15H28N2. The Bertz CT molecular complexity index is 246. The normalized spacial score (nSPS) is 19.9. The van der Waals surface area contributed by atoms with Gasteiger partial charge in [-0.3, -0.25) is 4.90 Å². The zero-order valence-electron chi connectivity index (χ0n) is 11.8. The lowest BCUT2D eigenvalue weighted by Crippen LogP contribution is -2.58. The molecule has 0 radical (unpaired) electrons. The van der Waals surface area contributed by atoms with Gasteiger partial charge in [0.15, 0.2) is 0 Å². The van der Waals surface area contributed by atoms with E-state index in [0.717, 1.165) is 12.8 Å². The molecule has 17 heavy (non-hydrogen) atoms. The van der Waals surface area contributed by atoms with E-state index in [4.69, 9.17) is 6.42 Å². The third-order valence-corrected chi connectivity index (χ3v) is 4.19. The number of unbranched alkanes of at least 4 members (excludes halogenated alkanes) is 1. The summed E-state index contributed by atoms with van der Waals surface area (Å²) in [6, 6.07) is 0.536.